The molecule has 2 heterocycles. The number of hydrogen-bond acceptors (Lipinski definition) is 6. The first kappa shape index (κ1) is 27.6. The quantitative estimate of drug-likeness (QED) is 0.169. The van der Waals surface area contributed by atoms with Crippen molar-refractivity contribution in [1.29, 1.82) is 0 Å². The normalized spacial score (nSPS) is 10.7. The second kappa shape index (κ2) is 12.5. The molecule has 0 radical (unpaired) electrons. The summed E-state index contributed by atoms with van der Waals surface area (Å²) in [4.78, 5) is 29.8. The minimum Gasteiger partial charge on any atom is -0.390 e. The molecule has 4 aromatic carbocycles. The smallest absolute Gasteiger partial charge is 0.390 e. The average Bonchev–Trinajstić information content (AvgIpc) is 3.66. The highest BCUT2D eigenvalue weighted by atomic mass is 32.1. The lowest BCUT2D eigenvalue weighted by atomic mass is 9.98. The topological polar surface area (TPSA) is 109 Å². The number of nitrogens with one attached hydrogen (secondary N) is 3. The third kappa shape index (κ3) is 6.37. The van der Waals surface area contributed by atoms with Crippen molar-refractivity contribution in [2.24, 2.45) is 0 Å². The molecule has 2 aromatic heterocycles. The summed E-state index contributed by atoms with van der Waals surface area (Å²) in [5.41, 5.74) is 8.17. The van der Waals surface area contributed by atoms with Crippen LogP contribution >= 0.6 is 11.3 Å². The predicted molar refractivity (Wildman–Crippen MR) is 169 cm³/mol. The molecular weight excluding hydrogens is 558 g/mol. The molecule has 43 heavy (non-hydrogen) atoms. The van der Waals surface area contributed by atoms with Crippen LogP contribution in [0.2, 0.25) is 0 Å². The van der Waals surface area contributed by atoms with Crippen LogP contribution in [-0.4, -0.2) is 27.2 Å². The van der Waals surface area contributed by atoms with E-state index < -0.39 is 6.09 Å². The summed E-state index contributed by atoms with van der Waals surface area (Å²) in [6.07, 6.45) is -0.640. The fourth-order valence-corrected chi connectivity index (χ4v) is 5.37. The number of aryl methyl sites for hydroxylation is 1. The summed E-state index contributed by atoms with van der Waals surface area (Å²) in [7, 11) is 0. The first-order chi connectivity index (χ1) is 21.0. The number of aromatic amines is 1. The zero-order valence-electron chi connectivity index (χ0n) is 23.2. The molecule has 2 amide bonds. The molecule has 0 atom stereocenters. The number of ether oxygens (including phenoxy) is 1. The number of benzene rings is 4. The second-order valence-corrected chi connectivity index (χ2v) is 10.6. The molecule has 0 spiro atoms. The van der Waals surface area contributed by atoms with Crippen molar-refractivity contribution < 1.29 is 14.3 Å². The van der Waals surface area contributed by atoms with Crippen LogP contribution < -0.4 is 15.4 Å². The van der Waals surface area contributed by atoms with Gasteiger partial charge in [0.15, 0.2) is 5.13 Å². The van der Waals surface area contributed by atoms with Crippen molar-refractivity contribution in [3.8, 4) is 39.4 Å². The van der Waals surface area contributed by atoms with Gasteiger partial charge in [-0.25, -0.2) is 4.79 Å². The number of thiazole rings is 1. The summed E-state index contributed by atoms with van der Waals surface area (Å²) in [5.74, 6) is -0.192. The van der Waals surface area contributed by atoms with Crippen molar-refractivity contribution in [1.82, 2.24) is 20.5 Å². The minimum atomic E-state index is -0.640. The lowest BCUT2D eigenvalue weighted by Crippen LogP contribution is -2.26. The molecule has 6 aromatic rings. The first-order valence-corrected chi connectivity index (χ1v) is 14.5. The first-order valence-electron chi connectivity index (χ1n) is 13.6. The molecule has 6 rings (SSSR count). The fourth-order valence-electron chi connectivity index (χ4n) is 4.76. The van der Waals surface area contributed by atoms with Crippen LogP contribution in [0.4, 0.5) is 9.93 Å². The molecule has 0 saturated carbocycles. The van der Waals surface area contributed by atoms with Crippen LogP contribution in [0.1, 0.15) is 21.6 Å². The average molecular weight is 586 g/mol. The van der Waals surface area contributed by atoms with Gasteiger partial charge in [0, 0.05) is 28.9 Å². The van der Waals surface area contributed by atoms with Crippen molar-refractivity contribution in [3.05, 3.63) is 131 Å². The number of carbonyl (C=O) groups excluding carboxylic acids is 2. The third-order valence-corrected chi connectivity index (χ3v) is 7.57. The second-order valence-electron chi connectivity index (χ2n) is 9.73. The standard InChI is InChI=1S/C34H27N5O3S/c1-22-30(31(39-38-22)26-12-6-3-7-13-26)25-18-16-23(17-19-25)20-35-34(41)42-29-21-43-33(36-29)37-32(40)28-15-9-8-14-27(28)24-10-4-2-5-11-24/h2-19,21H,20H2,1H3,(H,35,41)(H,38,39)(H,36,37,40). The van der Waals surface area contributed by atoms with E-state index in [0.29, 0.717) is 10.7 Å². The Kier molecular flexibility index (Phi) is 8.06. The van der Waals surface area contributed by atoms with Gasteiger partial charge < -0.3 is 10.1 Å². The molecule has 212 valence electrons. The van der Waals surface area contributed by atoms with Crippen LogP contribution in [0, 0.1) is 6.92 Å². The molecule has 0 unspecified atom stereocenters. The van der Waals surface area contributed by atoms with E-state index in [0.717, 1.165) is 44.8 Å². The molecule has 0 fully saturated rings. The third-order valence-electron chi connectivity index (χ3n) is 6.83. The van der Waals surface area contributed by atoms with Gasteiger partial charge in [-0.05, 0) is 35.2 Å². The maximum absolute atomic E-state index is 13.0. The monoisotopic (exact) mass is 585 g/mol. The number of carbonyl (C=O) groups is 2. The molecule has 0 saturated heterocycles. The molecule has 8 nitrogen and oxygen atoms in total. The highest BCUT2D eigenvalue weighted by Crippen LogP contribution is 2.33. The largest absolute Gasteiger partial charge is 0.414 e. The Morgan fingerprint density at radius 2 is 1.49 bits per heavy atom. The number of rotatable bonds is 8. The Bertz CT molecular complexity index is 1870. The summed E-state index contributed by atoms with van der Waals surface area (Å²) in [6.45, 7) is 2.28. The van der Waals surface area contributed by atoms with E-state index in [1.165, 1.54) is 11.3 Å². The van der Waals surface area contributed by atoms with E-state index in [-0.39, 0.29) is 18.3 Å². The van der Waals surface area contributed by atoms with Crippen LogP contribution in [-0.2, 0) is 6.54 Å². The van der Waals surface area contributed by atoms with E-state index in [9.17, 15) is 9.59 Å². The lowest BCUT2D eigenvalue weighted by molar-refractivity contribution is 0.102. The number of nitrogens with zero attached hydrogens (tertiary/aromatic N) is 2. The lowest BCUT2D eigenvalue weighted by Gasteiger charge is -2.09. The summed E-state index contributed by atoms with van der Waals surface area (Å²) < 4.78 is 5.35. The van der Waals surface area contributed by atoms with Crippen molar-refractivity contribution >= 4 is 28.5 Å². The maximum atomic E-state index is 13.0. The van der Waals surface area contributed by atoms with Gasteiger partial charge in [-0.15, -0.1) is 11.3 Å². The van der Waals surface area contributed by atoms with Gasteiger partial charge in [-0.2, -0.15) is 10.1 Å². The molecule has 9 heteroatoms. The number of H-pyrrole nitrogens is 1. The van der Waals surface area contributed by atoms with Crippen LogP contribution in [0.3, 0.4) is 0 Å². The van der Waals surface area contributed by atoms with Gasteiger partial charge in [0.05, 0.1) is 5.38 Å². The SMILES string of the molecule is Cc1[nH]nc(-c2ccccc2)c1-c1ccc(CNC(=O)Oc2csc(NC(=O)c3ccccc3-c3ccccc3)n2)cc1. The number of anilines is 1. The molecular formula is C34H27N5O3S. The Morgan fingerprint density at radius 1 is 0.814 bits per heavy atom. The van der Waals surface area contributed by atoms with Crippen molar-refractivity contribution in [3.63, 3.8) is 0 Å². The van der Waals surface area contributed by atoms with E-state index in [1.54, 1.807) is 11.4 Å². The van der Waals surface area contributed by atoms with Crippen LogP contribution in [0.25, 0.3) is 33.5 Å². The van der Waals surface area contributed by atoms with E-state index >= 15 is 0 Å². The van der Waals surface area contributed by atoms with Crippen LogP contribution in [0.5, 0.6) is 5.88 Å². The summed E-state index contributed by atoms with van der Waals surface area (Å²) in [5, 5.41) is 15.1. The van der Waals surface area contributed by atoms with E-state index in [1.807, 2.05) is 110 Å². The molecule has 0 aliphatic carbocycles. The van der Waals surface area contributed by atoms with Gasteiger partial charge in [0.2, 0.25) is 5.88 Å². The predicted octanol–water partition coefficient (Wildman–Crippen LogP) is 7.72. The van der Waals surface area contributed by atoms with Crippen LogP contribution in [0.15, 0.2) is 115 Å². The van der Waals surface area contributed by atoms with Crippen molar-refractivity contribution in [2.45, 2.75) is 13.5 Å². The highest BCUT2D eigenvalue weighted by molar-refractivity contribution is 7.14. The van der Waals surface area contributed by atoms with Gasteiger partial charge >= 0.3 is 6.09 Å². The molecule has 3 N–H and O–H groups in total. The number of aromatic nitrogens is 3. The van der Waals surface area contributed by atoms with Gasteiger partial charge in [-0.3, -0.25) is 15.2 Å². The Morgan fingerprint density at radius 3 is 2.23 bits per heavy atom. The highest BCUT2D eigenvalue weighted by Gasteiger charge is 2.16. The summed E-state index contributed by atoms with van der Waals surface area (Å²) in [6, 6.07) is 35.0. The van der Waals surface area contributed by atoms with E-state index in [4.69, 9.17) is 4.74 Å². The number of hydrogen-bond donors (Lipinski definition) is 3. The summed E-state index contributed by atoms with van der Waals surface area (Å²) >= 11 is 1.18. The van der Waals surface area contributed by atoms with Crippen molar-refractivity contribution in [2.75, 3.05) is 5.32 Å². The number of amides is 2. The zero-order valence-corrected chi connectivity index (χ0v) is 24.0. The van der Waals surface area contributed by atoms with Gasteiger partial charge in [0.25, 0.3) is 5.91 Å². The minimum absolute atomic E-state index is 0.105. The Labute approximate surface area is 252 Å². The molecule has 0 aliphatic heterocycles. The zero-order chi connectivity index (χ0) is 29.6. The Hall–Kier alpha value is -5.54. The maximum Gasteiger partial charge on any atom is 0.414 e. The van der Waals surface area contributed by atoms with Gasteiger partial charge in [-0.1, -0.05) is 103 Å². The molecule has 0 bridgehead atoms. The van der Waals surface area contributed by atoms with Gasteiger partial charge in [0.1, 0.15) is 5.69 Å². The van der Waals surface area contributed by atoms with E-state index in [2.05, 4.69) is 25.8 Å². The fraction of sp³-hybridized carbons (Fsp3) is 0.0588. The Balaban J connectivity index is 1.05. The molecule has 0 aliphatic rings.